The molecular weight excluding hydrogens is 296 g/mol. The number of nitrogens with one attached hydrogen (secondary N) is 3. The van der Waals surface area contributed by atoms with Gasteiger partial charge in [0.05, 0.1) is 18.7 Å². The third-order valence-electron chi connectivity index (χ3n) is 2.78. The largest absolute Gasteiger partial charge is 0.355 e. The second-order valence-corrected chi connectivity index (χ2v) is 6.00. The maximum Gasteiger partial charge on any atom is 0.342 e. The van der Waals surface area contributed by atoms with Crippen molar-refractivity contribution in [2.75, 3.05) is 13.1 Å². The van der Waals surface area contributed by atoms with E-state index >= 15 is 0 Å². The van der Waals surface area contributed by atoms with Gasteiger partial charge in [-0.05, 0) is 20.3 Å². The van der Waals surface area contributed by atoms with Crippen LogP contribution in [0.5, 0.6) is 0 Å². The molecule has 3 N–H and O–H groups in total. The summed E-state index contributed by atoms with van der Waals surface area (Å²) in [5.74, 6) is -0.628. The lowest BCUT2D eigenvalue weighted by molar-refractivity contribution is -0.125. The monoisotopic (exact) mass is 316 g/mol. The summed E-state index contributed by atoms with van der Waals surface area (Å²) in [6.07, 6.45) is 0.784. The number of carbonyl (C=O) groups excluding carboxylic acids is 2. The van der Waals surface area contributed by atoms with Crippen LogP contribution in [0.25, 0.3) is 0 Å². The summed E-state index contributed by atoms with van der Waals surface area (Å²) < 4.78 is 28.4. The van der Waals surface area contributed by atoms with E-state index in [0.717, 1.165) is 6.42 Å². The first-order valence-corrected chi connectivity index (χ1v) is 8.02. The smallest absolute Gasteiger partial charge is 0.342 e. The van der Waals surface area contributed by atoms with Crippen LogP contribution in [-0.4, -0.2) is 39.0 Å². The Kier molecular flexibility index (Phi) is 5.89. The van der Waals surface area contributed by atoms with E-state index in [1.165, 1.54) is 6.92 Å². The average Bonchev–Trinajstić information content (AvgIpc) is 2.37. The molecule has 0 radical (unpaired) electrons. The highest BCUT2D eigenvalue weighted by Gasteiger charge is 2.22. The Balaban J connectivity index is 2.56. The Morgan fingerprint density at radius 2 is 1.86 bits per heavy atom. The van der Waals surface area contributed by atoms with E-state index < -0.39 is 10.2 Å². The third kappa shape index (κ3) is 5.54. The van der Waals surface area contributed by atoms with Gasteiger partial charge in [0, 0.05) is 17.8 Å². The first-order valence-electron chi connectivity index (χ1n) is 6.58. The number of hydrogen-bond donors (Lipinski definition) is 3. The van der Waals surface area contributed by atoms with E-state index in [1.807, 2.05) is 6.92 Å². The molecule has 1 aliphatic heterocycles. The molecule has 0 saturated heterocycles. The fourth-order valence-electron chi connectivity index (χ4n) is 1.77. The fourth-order valence-corrected chi connectivity index (χ4v) is 2.80. The first kappa shape index (κ1) is 17.2. The number of hydrogen-bond acceptors (Lipinski definition) is 4. The predicted molar refractivity (Wildman–Crippen MR) is 78.8 cm³/mol. The number of allylic oxidation sites excluding steroid dienone is 1. The van der Waals surface area contributed by atoms with Gasteiger partial charge in [-0.1, -0.05) is 6.92 Å². The molecule has 1 aliphatic rings. The van der Waals surface area contributed by atoms with Crippen LogP contribution >= 0.6 is 0 Å². The van der Waals surface area contributed by atoms with Gasteiger partial charge in [0.15, 0.2) is 0 Å². The van der Waals surface area contributed by atoms with Gasteiger partial charge in [0.1, 0.15) is 0 Å². The molecule has 1 rings (SSSR count). The normalized spacial score (nSPS) is 16.8. The van der Waals surface area contributed by atoms with Crippen molar-refractivity contribution in [2.45, 2.75) is 33.6 Å². The van der Waals surface area contributed by atoms with Crippen LogP contribution in [0.3, 0.4) is 0 Å². The van der Waals surface area contributed by atoms with E-state index in [1.54, 1.807) is 6.92 Å². The van der Waals surface area contributed by atoms with Gasteiger partial charge in [-0.15, -0.1) is 4.40 Å². The zero-order valence-corrected chi connectivity index (χ0v) is 13.1. The van der Waals surface area contributed by atoms with Crippen molar-refractivity contribution >= 4 is 27.7 Å². The SMILES string of the molecule is CCCNC(=O)CNC(=O)CC1=C(C)NS(=O)(=O)N=C1C. The maximum absolute atomic E-state index is 11.8. The van der Waals surface area contributed by atoms with Crippen molar-refractivity contribution in [3.63, 3.8) is 0 Å². The quantitative estimate of drug-likeness (QED) is 0.618. The fraction of sp³-hybridized carbons (Fsp3) is 0.583. The van der Waals surface area contributed by atoms with Gasteiger partial charge in [-0.2, -0.15) is 8.42 Å². The van der Waals surface area contributed by atoms with Crippen LogP contribution in [0, 0.1) is 0 Å². The molecule has 2 amide bonds. The molecule has 0 aromatic rings. The molecule has 1 heterocycles. The predicted octanol–water partition coefficient (Wildman–Crippen LogP) is -0.398. The van der Waals surface area contributed by atoms with Gasteiger partial charge in [0.2, 0.25) is 11.8 Å². The van der Waals surface area contributed by atoms with E-state index in [0.29, 0.717) is 17.8 Å². The Hall–Kier alpha value is -1.90. The average molecular weight is 316 g/mol. The van der Waals surface area contributed by atoms with Crippen LogP contribution < -0.4 is 15.4 Å². The zero-order valence-electron chi connectivity index (χ0n) is 12.3. The minimum Gasteiger partial charge on any atom is -0.355 e. The Labute approximate surface area is 124 Å². The number of nitrogens with zero attached hydrogens (tertiary/aromatic N) is 1. The van der Waals surface area contributed by atoms with Crippen molar-refractivity contribution in [3.05, 3.63) is 11.3 Å². The van der Waals surface area contributed by atoms with Crippen LogP contribution in [0.15, 0.2) is 15.7 Å². The van der Waals surface area contributed by atoms with Crippen molar-refractivity contribution in [3.8, 4) is 0 Å². The Bertz CT molecular complexity index is 592. The van der Waals surface area contributed by atoms with Crippen LogP contribution in [0.1, 0.15) is 33.6 Å². The Morgan fingerprint density at radius 3 is 2.43 bits per heavy atom. The summed E-state index contributed by atoms with van der Waals surface area (Å²) in [4.78, 5) is 23.1. The van der Waals surface area contributed by atoms with E-state index in [2.05, 4.69) is 19.8 Å². The molecule has 0 saturated carbocycles. The van der Waals surface area contributed by atoms with Crippen molar-refractivity contribution in [2.24, 2.45) is 4.40 Å². The Morgan fingerprint density at radius 1 is 1.19 bits per heavy atom. The van der Waals surface area contributed by atoms with Crippen molar-refractivity contribution in [1.29, 1.82) is 0 Å². The standard InChI is InChI=1S/C12H20N4O4S/c1-4-5-13-12(18)7-14-11(17)6-10-8(2)15-21(19,20)16-9(10)3/h15H,4-7H2,1-3H3,(H,13,18)(H,14,17). The molecule has 0 fully saturated rings. The minimum atomic E-state index is -3.70. The second-order valence-electron chi connectivity index (χ2n) is 4.66. The zero-order chi connectivity index (χ0) is 16.0. The molecule has 0 spiro atoms. The lowest BCUT2D eigenvalue weighted by atomic mass is 10.1. The first-order chi connectivity index (χ1) is 9.75. The number of amides is 2. The number of carbonyl (C=O) groups is 2. The topological polar surface area (TPSA) is 117 Å². The summed E-state index contributed by atoms with van der Waals surface area (Å²) in [6, 6.07) is 0. The molecule has 0 bridgehead atoms. The summed E-state index contributed by atoms with van der Waals surface area (Å²) in [5.41, 5.74) is 1.15. The summed E-state index contributed by atoms with van der Waals surface area (Å²) in [6.45, 7) is 5.48. The highest BCUT2D eigenvalue weighted by Crippen LogP contribution is 2.16. The van der Waals surface area contributed by atoms with E-state index in [9.17, 15) is 18.0 Å². The van der Waals surface area contributed by atoms with Crippen LogP contribution in [0.4, 0.5) is 0 Å². The van der Waals surface area contributed by atoms with Gasteiger partial charge in [-0.25, -0.2) is 0 Å². The lowest BCUT2D eigenvalue weighted by Crippen LogP contribution is -2.38. The lowest BCUT2D eigenvalue weighted by Gasteiger charge is -2.17. The molecule has 0 aromatic heterocycles. The van der Waals surface area contributed by atoms with Gasteiger partial charge < -0.3 is 10.6 Å². The van der Waals surface area contributed by atoms with Crippen molar-refractivity contribution < 1.29 is 18.0 Å². The minimum absolute atomic E-state index is 0.0370. The molecule has 21 heavy (non-hydrogen) atoms. The van der Waals surface area contributed by atoms with Crippen LogP contribution in [0.2, 0.25) is 0 Å². The highest BCUT2D eigenvalue weighted by molar-refractivity contribution is 7.88. The van der Waals surface area contributed by atoms with E-state index in [4.69, 9.17) is 0 Å². The highest BCUT2D eigenvalue weighted by atomic mass is 32.2. The van der Waals surface area contributed by atoms with E-state index in [-0.39, 0.29) is 30.5 Å². The van der Waals surface area contributed by atoms with Gasteiger partial charge >= 0.3 is 10.2 Å². The molecule has 0 unspecified atom stereocenters. The molecular formula is C12H20N4O4S. The molecule has 0 aromatic carbocycles. The third-order valence-corrected chi connectivity index (χ3v) is 3.86. The molecule has 9 heteroatoms. The maximum atomic E-state index is 11.8. The number of rotatable bonds is 6. The van der Waals surface area contributed by atoms with Crippen LogP contribution in [-0.2, 0) is 19.8 Å². The molecule has 0 atom stereocenters. The van der Waals surface area contributed by atoms with Crippen molar-refractivity contribution in [1.82, 2.24) is 15.4 Å². The van der Waals surface area contributed by atoms with Gasteiger partial charge in [-0.3, -0.25) is 14.3 Å². The summed E-state index contributed by atoms with van der Waals surface area (Å²) in [5, 5.41) is 5.12. The summed E-state index contributed by atoms with van der Waals surface area (Å²) >= 11 is 0. The summed E-state index contributed by atoms with van der Waals surface area (Å²) in [7, 11) is -3.70. The molecule has 8 nitrogen and oxygen atoms in total. The van der Waals surface area contributed by atoms with Gasteiger partial charge in [0.25, 0.3) is 0 Å². The molecule has 118 valence electrons. The second kappa shape index (κ2) is 7.21. The molecule has 0 aliphatic carbocycles.